The molecule has 1 aromatic heterocycles. The molecule has 0 fully saturated rings. The summed E-state index contributed by atoms with van der Waals surface area (Å²) >= 11 is 6.15. The number of aromatic nitrogens is 1. The Morgan fingerprint density at radius 2 is 2.00 bits per heavy atom. The Labute approximate surface area is 122 Å². The van der Waals surface area contributed by atoms with Gasteiger partial charge in [0.2, 0.25) is 0 Å². The van der Waals surface area contributed by atoms with Crippen molar-refractivity contribution in [2.45, 2.75) is 13.0 Å². The topological polar surface area (TPSA) is 51.6 Å². The second kappa shape index (κ2) is 6.11. The molecular weight excluding hydrogens is 278 g/mol. The van der Waals surface area contributed by atoms with E-state index < -0.39 is 6.10 Å². The minimum Gasteiger partial charge on any atom is -0.493 e. The number of nitrogens with zero attached hydrogens (tertiary/aromatic N) is 1. The van der Waals surface area contributed by atoms with E-state index in [1.165, 1.54) is 14.2 Å². The molecular formula is C15H16ClNO3. The molecule has 0 aliphatic heterocycles. The van der Waals surface area contributed by atoms with Crippen molar-refractivity contribution in [1.82, 2.24) is 4.98 Å². The first kappa shape index (κ1) is 14.6. The summed E-state index contributed by atoms with van der Waals surface area (Å²) in [6.07, 6.45) is 2.51. The lowest BCUT2D eigenvalue weighted by Gasteiger charge is -2.17. The van der Waals surface area contributed by atoms with Gasteiger partial charge in [-0.3, -0.25) is 4.98 Å². The molecule has 0 amide bonds. The molecule has 2 rings (SSSR count). The zero-order valence-electron chi connectivity index (χ0n) is 11.6. The number of aryl methyl sites for hydroxylation is 1. The smallest absolute Gasteiger partial charge is 0.179 e. The standard InChI is InChI=1S/C15H16ClNO3/c1-9-4-5-17-8-11(9)14(18)10-6-12(16)15(20-3)13(7-10)19-2/h4-8,14,18H,1-3H3. The van der Waals surface area contributed by atoms with Crippen molar-refractivity contribution in [3.05, 3.63) is 52.3 Å². The third-order valence-corrected chi connectivity index (χ3v) is 3.43. The first-order valence-corrected chi connectivity index (χ1v) is 6.46. The molecule has 0 aliphatic carbocycles. The monoisotopic (exact) mass is 293 g/mol. The van der Waals surface area contributed by atoms with E-state index in [0.717, 1.165) is 11.1 Å². The van der Waals surface area contributed by atoms with Crippen LogP contribution in [-0.2, 0) is 0 Å². The zero-order chi connectivity index (χ0) is 14.7. The van der Waals surface area contributed by atoms with Crippen molar-refractivity contribution in [3.63, 3.8) is 0 Å². The van der Waals surface area contributed by atoms with Crippen LogP contribution in [-0.4, -0.2) is 24.3 Å². The van der Waals surface area contributed by atoms with Crippen molar-refractivity contribution in [1.29, 1.82) is 0 Å². The number of ether oxygens (including phenoxy) is 2. The lowest BCUT2D eigenvalue weighted by molar-refractivity contribution is 0.218. The fourth-order valence-electron chi connectivity index (χ4n) is 2.04. The van der Waals surface area contributed by atoms with E-state index >= 15 is 0 Å². The maximum Gasteiger partial charge on any atom is 0.179 e. The van der Waals surface area contributed by atoms with Crippen molar-refractivity contribution in [2.24, 2.45) is 0 Å². The summed E-state index contributed by atoms with van der Waals surface area (Å²) in [6, 6.07) is 5.22. The van der Waals surface area contributed by atoms with Crippen LogP contribution in [0.4, 0.5) is 0 Å². The Bertz CT molecular complexity index is 616. The van der Waals surface area contributed by atoms with Gasteiger partial charge in [-0.1, -0.05) is 11.6 Å². The van der Waals surface area contributed by atoms with E-state index in [9.17, 15) is 5.11 Å². The Morgan fingerprint density at radius 3 is 2.60 bits per heavy atom. The quantitative estimate of drug-likeness (QED) is 0.941. The van der Waals surface area contributed by atoms with E-state index in [1.54, 1.807) is 24.5 Å². The Balaban J connectivity index is 2.48. The van der Waals surface area contributed by atoms with Gasteiger partial charge in [0.05, 0.1) is 19.2 Å². The first-order valence-electron chi connectivity index (χ1n) is 6.08. The molecule has 1 atom stereocenters. The lowest BCUT2D eigenvalue weighted by atomic mass is 9.99. The van der Waals surface area contributed by atoms with Gasteiger partial charge in [0.1, 0.15) is 6.10 Å². The lowest BCUT2D eigenvalue weighted by Crippen LogP contribution is -2.04. The van der Waals surface area contributed by atoms with Gasteiger partial charge in [-0.25, -0.2) is 0 Å². The molecule has 1 N–H and O–H groups in total. The van der Waals surface area contributed by atoms with E-state index in [0.29, 0.717) is 22.1 Å². The van der Waals surface area contributed by atoms with Gasteiger partial charge in [0.15, 0.2) is 11.5 Å². The summed E-state index contributed by atoms with van der Waals surface area (Å²) < 4.78 is 10.4. The molecule has 5 heteroatoms. The van der Waals surface area contributed by atoms with Gasteiger partial charge >= 0.3 is 0 Å². The van der Waals surface area contributed by atoms with Crippen molar-refractivity contribution >= 4 is 11.6 Å². The third-order valence-electron chi connectivity index (χ3n) is 3.15. The molecule has 1 aromatic carbocycles. The number of hydrogen-bond acceptors (Lipinski definition) is 4. The number of halogens is 1. The number of aliphatic hydroxyl groups excluding tert-OH is 1. The van der Waals surface area contributed by atoms with Gasteiger partial charge in [0, 0.05) is 18.0 Å². The second-order valence-electron chi connectivity index (χ2n) is 4.37. The zero-order valence-corrected chi connectivity index (χ0v) is 12.3. The largest absolute Gasteiger partial charge is 0.493 e. The van der Waals surface area contributed by atoms with Crippen LogP contribution in [0.15, 0.2) is 30.6 Å². The Kier molecular flexibility index (Phi) is 4.47. The van der Waals surface area contributed by atoms with Crippen LogP contribution in [0.3, 0.4) is 0 Å². The van der Waals surface area contributed by atoms with E-state index in [1.807, 2.05) is 13.0 Å². The molecule has 0 radical (unpaired) electrons. The van der Waals surface area contributed by atoms with Crippen molar-refractivity contribution < 1.29 is 14.6 Å². The summed E-state index contributed by atoms with van der Waals surface area (Å²) in [5, 5.41) is 10.9. The minimum atomic E-state index is -0.819. The molecule has 2 aromatic rings. The number of rotatable bonds is 4. The number of pyridine rings is 1. The predicted molar refractivity (Wildman–Crippen MR) is 77.6 cm³/mol. The first-order chi connectivity index (χ1) is 9.58. The maximum absolute atomic E-state index is 10.5. The predicted octanol–water partition coefficient (Wildman–Crippen LogP) is 3.14. The van der Waals surface area contributed by atoms with Crippen LogP contribution in [0.25, 0.3) is 0 Å². The van der Waals surface area contributed by atoms with Crippen LogP contribution in [0.5, 0.6) is 11.5 Å². The normalized spacial score (nSPS) is 12.1. The van der Waals surface area contributed by atoms with Crippen LogP contribution >= 0.6 is 11.6 Å². The summed E-state index contributed by atoms with van der Waals surface area (Å²) in [5.74, 6) is 0.934. The second-order valence-corrected chi connectivity index (χ2v) is 4.78. The van der Waals surface area contributed by atoms with Crippen LogP contribution < -0.4 is 9.47 Å². The molecule has 0 saturated carbocycles. The average Bonchev–Trinajstić information content (AvgIpc) is 2.46. The van der Waals surface area contributed by atoms with Gasteiger partial charge in [-0.05, 0) is 36.2 Å². The number of methoxy groups -OCH3 is 2. The molecule has 1 unspecified atom stereocenters. The SMILES string of the molecule is COc1cc(C(O)c2cnccc2C)cc(Cl)c1OC. The van der Waals surface area contributed by atoms with Crippen LogP contribution in [0.2, 0.25) is 5.02 Å². The summed E-state index contributed by atoms with van der Waals surface area (Å²) in [5.41, 5.74) is 2.32. The van der Waals surface area contributed by atoms with Crippen molar-refractivity contribution in [3.8, 4) is 11.5 Å². The molecule has 0 bridgehead atoms. The maximum atomic E-state index is 10.5. The van der Waals surface area contributed by atoms with Gasteiger partial charge in [0.25, 0.3) is 0 Å². The molecule has 0 aliphatic rings. The van der Waals surface area contributed by atoms with Gasteiger partial charge in [-0.15, -0.1) is 0 Å². The molecule has 20 heavy (non-hydrogen) atoms. The van der Waals surface area contributed by atoms with Gasteiger partial charge < -0.3 is 14.6 Å². The number of benzene rings is 1. The highest BCUT2D eigenvalue weighted by Crippen LogP contribution is 2.39. The molecule has 4 nitrogen and oxygen atoms in total. The molecule has 1 heterocycles. The number of aliphatic hydroxyl groups is 1. The number of hydrogen-bond donors (Lipinski definition) is 1. The molecule has 106 valence electrons. The highest BCUT2D eigenvalue weighted by molar-refractivity contribution is 6.32. The molecule has 0 spiro atoms. The Hall–Kier alpha value is -1.78. The molecule has 0 saturated heterocycles. The fourth-order valence-corrected chi connectivity index (χ4v) is 2.33. The van der Waals surface area contributed by atoms with Crippen LogP contribution in [0.1, 0.15) is 22.8 Å². The minimum absolute atomic E-state index is 0.391. The fraction of sp³-hybridized carbons (Fsp3) is 0.267. The van der Waals surface area contributed by atoms with E-state index in [2.05, 4.69) is 4.98 Å². The van der Waals surface area contributed by atoms with Crippen molar-refractivity contribution in [2.75, 3.05) is 14.2 Å². The third kappa shape index (κ3) is 2.71. The highest BCUT2D eigenvalue weighted by Gasteiger charge is 2.18. The van der Waals surface area contributed by atoms with E-state index in [-0.39, 0.29) is 0 Å². The van der Waals surface area contributed by atoms with Crippen LogP contribution in [0, 0.1) is 6.92 Å². The average molecular weight is 294 g/mol. The summed E-state index contributed by atoms with van der Waals surface area (Å²) in [6.45, 7) is 1.92. The summed E-state index contributed by atoms with van der Waals surface area (Å²) in [7, 11) is 3.05. The highest BCUT2D eigenvalue weighted by atomic mass is 35.5. The summed E-state index contributed by atoms with van der Waals surface area (Å²) in [4.78, 5) is 4.04. The Morgan fingerprint density at radius 1 is 1.25 bits per heavy atom. The van der Waals surface area contributed by atoms with E-state index in [4.69, 9.17) is 21.1 Å². The van der Waals surface area contributed by atoms with Gasteiger partial charge in [-0.2, -0.15) is 0 Å².